The van der Waals surface area contributed by atoms with Crippen molar-refractivity contribution in [2.75, 3.05) is 26.0 Å². The number of amides is 1. The van der Waals surface area contributed by atoms with Crippen LogP contribution in [0.3, 0.4) is 0 Å². The van der Waals surface area contributed by atoms with Crippen LogP contribution in [0, 0.1) is 0 Å². The van der Waals surface area contributed by atoms with Crippen molar-refractivity contribution in [3.63, 3.8) is 0 Å². The van der Waals surface area contributed by atoms with Crippen molar-refractivity contribution in [2.45, 2.75) is 51.0 Å². The van der Waals surface area contributed by atoms with Crippen LogP contribution in [0.4, 0.5) is 0 Å². The van der Waals surface area contributed by atoms with Crippen molar-refractivity contribution in [3.8, 4) is 0 Å². The van der Waals surface area contributed by atoms with Crippen LogP contribution in [0.15, 0.2) is 12.1 Å². The minimum absolute atomic E-state index is 0.0787. The molecule has 0 spiro atoms. The summed E-state index contributed by atoms with van der Waals surface area (Å²) in [6.07, 6.45) is 9.13. The lowest BCUT2D eigenvalue weighted by Gasteiger charge is -2.21. The van der Waals surface area contributed by atoms with Crippen molar-refractivity contribution in [2.24, 2.45) is 0 Å². The lowest BCUT2D eigenvalue weighted by atomic mass is 9.98. The molecular weight excluding hydrogens is 360 g/mol. The third-order valence-electron chi connectivity index (χ3n) is 4.13. The standard InChI is InChI=1S/C17H28N2O4S2/c1-25(21,22)19-12-10-15-8-9-16(24-15)17(20)18-11-5-13-23-14-6-3-2-4-7-14/h8-9,14,19H,2-7,10-13H2,1H3,(H,18,20). The zero-order chi connectivity index (χ0) is 18.1. The maximum Gasteiger partial charge on any atom is 0.261 e. The van der Waals surface area contributed by atoms with Crippen molar-refractivity contribution < 1.29 is 17.9 Å². The number of hydrogen-bond acceptors (Lipinski definition) is 5. The van der Waals surface area contributed by atoms with E-state index >= 15 is 0 Å². The number of sulfonamides is 1. The van der Waals surface area contributed by atoms with Gasteiger partial charge in [-0.15, -0.1) is 11.3 Å². The highest BCUT2D eigenvalue weighted by molar-refractivity contribution is 7.88. The van der Waals surface area contributed by atoms with Crippen LogP contribution in [0.25, 0.3) is 0 Å². The molecule has 1 amide bonds. The Morgan fingerprint density at radius 1 is 1.24 bits per heavy atom. The van der Waals surface area contributed by atoms with E-state index in [0.717, 1.165) is 17.6 Å². The van der Waals surface area contributed by atoms with E-state index in [1.54, 1.807) is 6.07 Å². The fourth-order valence-corrected chi connectivity index (χ4v) is 4.23. The third kappa shape index (κ3) is 8.31. The summed E-state index contributed by atoms with van der Waals surface area (Å²) in [5, 5.41) is 2.91. The van der Waals surface area contributed by atoms with Gasteiger partial charge in [-0.3, -0.25) is 4.79 Å². The van der Waals surface area contributed by atoms with Crippen LogP contribution in [0.1, 0.15) is 53.1 Å². The summed E-state index contributed by atoms with van der Waals surface area (Å²) in [4.78, 5) is 13.7. The molecule has 1 aliphatic carbocycles. The Hall–Kier alpha value is -0.960. The first kappa shape index (κ1) is 20.4. The molecule has 0 unspecified atom stereocenters. The Balaban J connectivity index is 1.60. The third-order valence-corrected chi connectivity index (χ3v) is 6.01. The summed E-state index contributed by atoms with van der Waals surface area (Å²) in [6, 6.07) is 3.66. The quantitative estimate of drug-likeness (QED) is 0.603. The van der Waals surface area contributed by atoms with Crippen molar-refractivity contribution in [1.82, 2.24) is 10.0 Å². The summed E-state index contributed by atoms with van der Waals surface area (Å²) >= 11 is 1.40. The average molecular weight is 389 g/mol. The SMILES string of the molecule is CS(=O)(=O)NCCc1ccc(C(=O)NCCCOC2CCCCC2)s1. The Morgan fingerprint density at radius 2 is 2.00 bits per heavy atom. The maximum absolute atomic E-state index is 12.1. The van der Waals surface area contributed by atoms with Crippen LogP contribution in [0.2, 0.25) is 0 Å². The molecule has 0 radical (unpaired) electrons. The summed E-state index contributed by atoms with van der Waals surface area (Å²) in [5.74, 6) is -0.0787. The Bertz CT molecular complexity index is 637. The molecule has 1 aromatic rings. The highest BCUT2D eigenvalue weighted by atomic mass is 32.2. The van der Waals surface area contributed by atoms with Crippen molar-refractivity contribution in [1.29, 1.82) is 0 Å². The number of thiophene rings is 1. The fourth-order valence-electron chi connectivity index (χ4n) is 2.84. The van der Waals surface area contributed by atoms with Crippen LogP contribution < -0.4 is 10.0 Å². The van der Waals surface area contributed by atoms with Crippen LogP contribution in [0.5, 0.6) is 0 Å². The van der Waals surface area contributed by atoms with Gasteiger partial charge >= 0.3 is 0 Å². The van der Waals surface area contributed by atoms with Crippen LogP contribution >= 0.6 is 11.3 Å². The molecule has 142 valence electrons. The summed E-state index contributed by atoms with van der Waals surface area (Å²) < 4.78 is 30.3. The summed E-state index contributed by atoms with van der Waals surface area (Å²) in [5.41, 5.74) is 0. The molecule has 6 nitrogen and oxygen atoms in total. The van der Waals surface area contributed by atoms with E-state index in [4.69, 9.17) is 4.74 Å². The molecule has 0 aliphatic heterocycles. The number of carbonyl (C=O) groups excluding carboxylic acids is 1. The van der Waals surface area contributed by atoms with Crippen LogP contribution in [-0.2, 0) is 21.2 Å². The Labute approximate surface area is 154 Å². The van der Waals surface area contributed by atoms with Gasteiger partial charge in [-0.2, -0.15) is 0 Å². The molecule has 25 heavy (non-hydrogen) atoms. The highest BCUT2D eigenvalue weighted by Gasteiger charge is 2.13. The smallest absolute Gasteiger partial charge is 0.261 e. The molecule has 0 atom stereocenters. The van der Waals surface area contributed by atoms with Gasteiger partial charge in [-0.25, -0.2) is 13.1 Å². The largest absolute Gasteiger partial charge is 0.378 e. The van der Waals surface area contributed by atoms with E-state index < -0.39 is 10.0 Å². The second-order valence-electron chi connectivity index (χ2n) is 6.42. The maximum atomic E-state index is 12.1. The van der Waals surface area contributed by atoms with E-state index in [1.165, 1.54) is 43.4 Å². The number of carbonyl (C=O) groups is 1. The topological polar surface area (TPSA) is 84.5 Å². The Kier molecular flexibility index (Phi) is 8.35. The van der Waals surface area contributed by atoms with Gasteiger partial charge in [0.25, 0.3) is 5.91 Å². The first-order valence-electron chi connectivity index (χ1n) is 8.87. The molecule has 1 fully saturated rings. The van der Waals surface area contributed by atoms with E-state index in [9.17, 15) is 13.2 Å². The van der Waals surface area contributed by atoms with Crippen LogP contribution in [-0.4, -0.2) is 46.4 Å². The molecule has 8 heteroatoms. The van der Waals surface area contributed by atoms with Gasteiger partial charge in [-0.1, -0.05) is 19.3 Å². The van der Waals surface area contributed by atoms with E-state index in [2.05, 4.69) is 10.0 Å². The van der Waals surface area contributed by atoms with Gasteiger partial charge in [0.05, 0.1) is 17.2 Å². The minimum atomic E-state index is -3.17. The van der Waals surface area contributed by atoms with E-state index in [-0.39, 0.29) is 5.91 Å². The fraction of sp³-hybridized carbons (Fsp3) is 0.706. The van der Waals surface area contributed by atoms with Gasteiger partial charge < -0.3 is 10.1 Å². The number of hydrogen-bond donors (Lipinski definition) is 2. The first-order chi connectivity index (χ1) is 11.9. The molecule has 1 saturated carbocycles. The first-order valence-corrected chi connectivity index (χ1v) is 11.6. The van der Waals surface area contributed by atoms with Gasteiger partial charge in [0.2, 0.25) is 10.0 Å². The molecule has 1 heterocycles. The predicted octanol–water partition coefficient (Wildman–Crippen LogP) is 2.31. The summed E-state index contributed by atoms with van der Waals surface area (Å²) in [6.45, 7) is 1.64. The number of nitrogens with one attached hydrogen (secondary N) is 2. The second-order valence-corrected chi connectivity index (χ2v) is 9.42. The summed E-state index contributed by atoms with van der Waals surface area (Å²) in [7, 11) is -3.17. The molecule has 0 aromatic carbocycles. The molecular formula is C17H28N2O4S2. The molecule has 0 bridgehead atoms. The van der Waals surface area contributed by atoms with E-state index in [0.29, 0.717) is 37.1 Å². The molecule has 2 rings (SSSR count). The van der Waals surface area contributed by atoms with Crippen molar-refractivity contribution in [3.05, 3.63) is 21.9 Å². The monoisotopic (exact) mass is 388 g/mol. The molecule has 0 saturated heterocycles. The highest BCUT2D eigenvalue weighted by Crippen LogP contribution is 2.20. The lowest BCUT2D eigenvalue weighted by molar-refractivity contribution is 0.0273. The zero-order valence-corrected chi connectivity index (χ0v) is 16.4. The van der Waals surface area contributed by atoms with Gasteiger partial charge in [0, 0.05) is 24.6 Å². The average Bonchev–Trinajstić information content (AvgIpc) is 3.03. The van der Waals surface area contributed by atoms with Gasteiger partial charge in [0.1, 0.15) is 0 Å². The lowest BCUT2D eigenvalue weighted by Crippen LogP contribution is -2.25. The molecule has 2 N–H and O–H groups in total. The minimum Gasteiger partial charge on any atom is -0.378 e. The van der Waals surface area contributed by atoms with E-state index in [1.807, 2.05) is 6.07 Å². The number of rotatable bonds is 10. The molecule has 1 aliphatic rings. The zero-order valence-electron chi connectivity index (χ0n) is 14.8. The normalized spacial score (nSPS) is 16.0. The predicted molar refractivity (Wildman–Crippen MR) is 101 cm³/mol. The second kappa shape index (κ2) is 10.3. The Morgan fingerprint density at radius 3 is 2.72 bits per heavy atom. The number of ether oxygens (including phenoxy) is 1. The molecule has 1 aromatic heterocycles. The van der Waals surface area contributed by atoms with Crippen molar-refractivity contribution >= 4 is 27.3 Å². The van der Waals surface area contributed by atoms with Gasteiger partial charge in [-0.05, 0) is 37.8 Å². The van der Waals surface area contributed by atoms with Gasteiger partial charge in [0.15, 0.2) is 0 Å².